The van der Waals surface area contributed by atoms with Gasteiger partial charge in [-0.05, 0) is 45.4 Å². The second-order valence-electron chi connectivity index (χ2n) is 5.26. The summed E-state index contributed by atoms with van der Waals surface area (Å²) in [5, 5.41) is 11.3. The molecule has 2 rings (SSSR count). The zero-order chi connectivity index (χ0) is 13.0. The highest BCUT2D eigenvalue weighted by atomic mass is 15.4. The van der Waals surface area contributed by atoms with Crippen molar-refractivity contribution in [1.82, 2.24) is 25.3 Å². The average Bonchev–Trinajstić information content (AvgIpc) is 2.81. The summed E-state index contributed by atoms with van der Waals surface area (Å²) in [5.74, 6) is 0.853. The van der Waals surface area contributed by atoms with E-state index in [2.05, 4.69) is 47.5 Å². The second kappa shape index (κ2) is 5.27. The summed E-state index contributed by atoms with van der Waals surface area (Å²) < 4.78 is 1.70. The van der Waals surface area contributed by atoms with E-state index in [0.717, 1.165) is 18.8 Å². The van der Waals surface area contributed by atoms with Gasteiger partial charge in [0.1, 0.15) is 0 Å². The molecule has 0 bridgehead atoms. The van der Waals surface area contributed by atoms with Gasteiger partial charge in [-0.1, -0.05) is 11.3 Å². The Labute approximate surface area is 107 Å². The number of nitrogens with zero attached hydrogens (tertiary/aromatic N) is 4. The summed E-state index contributed by atoms with van der Waals surface area (Å²) in [6.07, 6.45) is 6.16. The van der Waals surface area contributed by atoms with Crippen molar-refractivity contribution >= 4 is 0 Å². The van der Waals surface area contributed by atoms with Crippen LogP contribution in [0.25, 0.3) is 5.82 Å². The van der Waals surface area contributed by atoms with E-state index in [9.17, 15) is 0 Å². The summed E-state index contributed by atoms with van der Waals surface area (Å²) in [4.78, 5) is 4.37. The zero-order valence-electron chi connectivity index (χ0n) is 11.1. The second-order valence-corrected chi connectivity index (χ2v) is 5.26. The van der Waals surface area contributed by atoms with Gasteiger partial charge in [-0.2, -0.15) is 0 Å². The maximum Gasteiger partial charge on any atom is 0.158 e. The molecule has 5 heteroatoms. The molecule has 0 spiro atoms. The van der Waals surface area contributed by atoms with Crippen LogP contribution in [0.2, 0.25) is 0 Å². The van der Waals surface area contributed by atoms with Crippen LogP contribution in [0.15, 0.2) is 30.7 Å². The molecular formula is C13H19N5. The van der Waals surface area contributed by atoms with Crippen LogP contribution in [0.3, 0.4) is 0 Å². The van der Waals surface area contributed by atoms with E-state index in [1.165, 1.54) is 5.56 Å². The van der Waals surface area contributed by atoms with Gasteiger partial charge >= 0.3 is 0 Å². The van der Waals surface area contributed by atoms with Crippen LogP contribution < -0.4 is 5.32 Å². The standard InChI is InChI=1S/C13H19N5/c1-13(2,3)15-8-6-11-5-4-7-14-12(11)18-10-9-16-17-18/h4-5,7,9-10,15H,6,8H2,1-3H3. The van der Waals surface area contributed by atoms with Crippen molar-refractivity contribution < 1.29 is 0 Å². The average molecular weight is 245 g/mol. The van der Waals surface area contributed by atoms with Crippen molar-refractivity contribution in [3.05, 3.63) is 36.3 Å². The van der Waals surface area contributed by atoms with E-state index in [-0.39, 0.29) is 5.54 Å². The smallest absolute Gasteiger partial charge is 0.158 e. The molecule has 18 heavy (non-hydrogen) atoms. The van der Waals surface area contributed by atoms with Gasteiger partial charge < -0.3 is 5.32 Å². The van der Waals surface area contributed by atoms with Gasteiger partial charge in [0.15, 0.2) is 5.82 Å². The lowest BCUT2D eigenvalue weighted by molar-refractivity contribution is 0.429. The Bertz CT molecular complexity index is 484. The van der Waals surface area contributed by atoms with Gasteiger partial charge in [-0.3, -0.25) is 0 Å². The Hall–Kier alpha value is -1.75. The van der Waals surface area contributed by atoms with Crippen LogP contribution in [0.1, 0.15) is 26.3 Å². The molecule has 0 amide bonds. The molecule has 0 unspecified atom stereocenters. The quantitative estimate of drug-likeness (QED) is 0.888. The zero-order valence-corrected chi connectivity index (χ0v) is 11.1. The normalized spacial score (nSPS) is 11.7. The molecule has 5 nitrogen and oxygen atoms in total. The number of hydrogen-bond donors (Lipinski definition) is 1. The van der Waals surface area contributed by atoms with Gasteiger partial charge in [0.25, 0.3) is 0 Å². The first kappa shape index (κ1) is 12.7. The first-order chi connectivity index (χ1) is 8.56. The van der Waals surface area contributed by atoms with E-state index in [1.807, 2.05) is 12.3 Å². The third-order valence-electron chi connectivity index (χ3n) is 2.56. The highest BCUT2D eigenvalue weighted by Gasteiger charge is 2.10. The maximum absolute atomic E-state index is 4.37. The van der Waals surface area contributed by atoms with Crippen molar-refractivity contribution in [1.29, 1.82) is 0 Å². The molecule has 0 aliphatic heterocycles. The number of rotatable bonds is 4. The Morgan fingerprint density at radius 1 is 1.28 bits per heavy atom. The fraction of sp³-hybridized carbons (Fsp3) is 0.462. The minimum Gasteiger partial charge on any atom is -0.312 e. The molecule has 2 aromatic heterocycles. The van der Waals surface area contributed by atoms with Crippen LogP contribution in [-0.4, -0.2) is 32.1 Å². The summed E-state index contributed by atoms with van der Waals surface area (Å²) in [6, 6.07) is 4.03. The summed E-state index contributed by atoms with van der Waals surface area (Å²) in [7, 11) is 0. The number of pyridine rings is 1. The minimum absolute atomic E-state index is 0.135. The van der Waals surface area contributed by atoms with Gasteiger partial charge in [-0.25, -0.2) is 9.67 Å². The van der Waals surface area contributed by atoms with Gasteiger partial charge in [0, 0.05) is 11.7 Å². The fourth-order valence-corrected chi connectivity index (χ4v) is 1.73. The Morgan fingerprint density at radius 3 is 2.78 bits per heavy atom. The van der Waals surface area contributed by atoms with E-state index >= 15 is 0 Å². The molecule has 0 radical (unpaired) electrons. The number of aromatic nitrogens is 4. The summed E-state index contributed by atoms with van der Waals surface area (Å²) in [5.41, 5.74) is 1.30. The largest absolute Gasteiger partial charge is 0.312 e. The van der Waals surface area contributed by atoms with Crippen LogP contribution in [0, 0.1) is 0 Å². The van der Waals surface area contributed by atoms with Crippen molar-refractivity contribution in [3.63, 3.8) is 0 Å². The monoisotopic (exact) mass is 245 g/mol. The third kappa shape index (κ3) is 3.37. The molecule has 0 saturated heterocycles. The minimum atomic E-state index is 0.135. The summed E-state index contributed by atoms with van der Waals surface area (Å²) >= 11 is 0. The summed E-state index contributed by atoms with van der Waals surface area (Å²) in [6.45, 7) is 7.40. The van der Waals surface area contributed by atoms with Crippen molar-refractivity contribution in [2.45, 2.75) is 32.7 Å². The molecule has 2 aromatic rings. The van der Waals surface area contributed by atoms with E-state index in [0.29, 0.717) is 0 Å². The van der Waals surface area contributed by atoms with E-state index < -0.39 is 0 Å². The topological polar surface area (TPSA) is 55.6 Å². The Kier molecular flexibility index (Phi) is 3.72. The molecule has 0 saturated carbocycles. The predicted molar refractivity (Wildman–Crippen MR) is 70.6 cm³/mol. The predicted octanol–water partition coefficient (Wildman–Crippen LogP) is 1.59. The number of nitrogens with one attached hydrogen (secondary N) is 1. The lowest BCUT2D eigenvalue weighted by atomic mass is 10.1. The molecule has 0 aliphatic rings. The third-order valence-corrected chi connectivity index (χ3v) is 2.56. The van der Waals surface area contributed by atoms with Gasteiger partial charge in [0.2, 0.25) is 0 Å². The molecular weight excluding hydrogens is 226 g/mol. The van der Waals surface area contributed by atoms with Gasteiger partial charge in [0.05, 0.1) is 12.4 Å². The number of hydrogen-bond acceptors (Lipinski definition) is 4. The lowest BCUT2D eigenvalue weighted by Gasteiger charge is -2.20. The van der Waals surface area contributed by atoms with E-state index in [4.69, 9.17) is 0 Å². The van der Waals surface area contributed by atoms with E-state index in [1.54, 1.807) is 17.1 Å². The first-order valence-corrected chi connectivity index (χ1v) is 6.12. The van der Waals surface area contributed by atoms with Crippen molar-refractivity contribution in [3.8, 4) is 5.82 Å². The highest BCUT2D eigenvalue weighted by Crippen LogP contribution is 2.10. The van der Waals surface area contributed by atoms with Crippen LogP contribution >= 0.6 is 0 Å². The molecule has 0 aromatic carbocycles. The maximum atomic E-state index is 4.37. The van der Waals surface area contributed by atoms with Gasteiger partial charge in [-0.15, -0.1) is 5.10 Å². The highest BCUT2D eigenvalue weighted by molar-refractivity contribution is 5.32. The molecule has 0 atom stereocenters. The molecule has 0 aliphatic carbocycles. The molecule has 0 fully saturated rings. The van der Waals surface area contributed by atoms with Crippen LogP contribution in [0.4, 0.5) is 0 Å². The molecule has 96 valence electrons. The molecule has 2 heterocycles. The Morgan fingerprint density at radius 2 is 2.11 bits per heavy atom. The SMILES string of the molecule is CC(C)(C)NCCc1cccnc1-n1ccnn1. The lowest BCUT2D eigenvalue weighted by Crippen LogP contribution is -2.37. The Balaban J connectivity index is 2.09. The van der Waals surface area contributed by atoms with Crippen LogP contribution in [0.5, 0.6) is 0 Å². The van der Waals surface area contributed by atoms with Crippen molar-refractivity contribution in [2.75, 3.05) is 6.54 Å². The first-order valence-electron chi connectivity index (χ1n) is 6.12. The fourth-order valence-electron chi connectivity index (χ4n) is 1.73. The van der Waals surface area contributed by atoms with Crippen molar-refractivity contribution in [2.24, 2.45) is 0 Å². The van der Waals surface area contributed by atoms with Crippen LogP contribution in [-0.2, 0) is 6.42 Å². The molecule has 1 N–H and O–H groups in total.